The lowest BCUT2D eigenvalue weighted by Crippen LogP contribution is -2.21. The first-order chi connectivity index (χ1) is 9.67. The Kier molecular flexibility index (Phi) is 5.20. The van der Waals surface area contributed by atoms with E-state index in [2.05, 4.69) is 29.4 Å². The molecule has 1 heterocycles. The quantitative estimate of drug-likeness (QED) is 0.871. The molecule has 0 radical (unpaired) electrons. The summed E-state index contributed by atoms with van der Waals surface area (Å²) in [7, 11) is 0. The van der Waals surface area contributed by atoms with Gasteiger partial charge < -0.3 is 5.32 Å². The molecule has 108 valence electrons. The summed E-state index contributed by atoms with van der Waals surface area (Å²) in [6.45, 7) is 6.96. The molecule has 1 N–H and O–H groups in total. The number of benzene rings is 1. The molecule has 0 bridgehead atoms. The molecule has 0 aliphatic rings. The van der Waals surface area contributed by atoms with E-state index in [4.69, 9.17) is 0 Å². The maximum Gasteiger partial charge on any atom is 0.150 e. The highest BCUT2D eigenvalue weighted by atomic mass is 32.1. The molecule has 1 atom stereocenters. The van der Waals surface area contributed by atoms with Crippen LogP contribution in [0.25, 0.3) is 10.6 Å². The van der Waals surface area contributed by atoms with Gasteiger partial charge in [0.25, 0.3) is 0 Å². The molecule has 1 aromatic carbocycles. The molecule has 5 heteroatoms. The second kappa shape index (κ2) is 6.90. The van der Waals surface area contributed by atoms with Crippen molar-refractivity contribution in [3.8, 4) is 10.6 Å². The molecule has 0 saturated carbocycles. The fourth-order valence-electron chi connectivity index (χ4n) is 2.02. The highest BCUT2D eigenvalue weighted by molar-refractivity contribution is 7.14. The number of rotatable bonds is 6. The van der Waals surface area contributed by atoms with Gasteiger partial charge in [0.15, 0.2) is 5.01 Å². The monoisotopic (exact) mass is 293 g/mol. The van der Waals surface area contributed by atoms with Crippen molar-refractivity contribution in [1.82, 2.24) is 15.5 Å². The first-order valence-corrected chi connectivity index (χ1v) is 7.81. The highest BCUT2D eigenvalue weighted by Crippen LogP contribution is 2.30. The standard InChI is InChI=1S/C15H20FN3S/c1-4-9-17-12(5-2)15-19-18-14(20-15)11-8-6-7-10(3)13(11)16/h6-8,12,17H,4-5,9H2,1-3H3. The minimum absolute atomic E-state index is 0.203. The Morgan fingerprint density at radius 2 is 2.10 bits per heavy atom. The average Bonchev–Trinajstić information content (AvgIpc) is 2.92. The van der Waals surface area contributed by atoms with Crippen LogP contribution in [-0.4, -0.2) is 16.7 Å². The summed E-state index contributed by atoms with van der Waals surface area (Å²) in [6, 6.07) is 5.57. The number of nitrogens with zero attached hydrogens (tertiary/aromatic N) is 2. The van der Waals surface area contributed by atoms with Crippen LogP contribution in [0.3, 0.4) is 0 Å². The van der Waals surface area contributed by atoms with Gasteiger partial charge in [-0.1, -0.05) is 37.3 Å². The van der Waals surface area contributed by atoms with Gasteiger partial charge in [0.05, 0.1) is 6.04 Å². The third kappa shape index (κ3) is 3.22. The molecule has 3 nitrogen and oxygen atoms in total. The summed E-state index contributed by atoms with van der Waals surface area (Å²) in [5.41, 5.74) is 1.18. The van der Waals surface area contributed by atoms with Gasteiger partial charge in [-0.25, -0.2) is 4.39 Å². The Hall–Kier alpha value is -1.33. The summed E-state index contributed by atoms with van der Waals surface area (Å²) in [6.07, 6.45) is 2.03. The molecular weight excluding hydrogens is 273 g/mol. The molecule has 0 saturated heterocycles. The van der Waals surface area contributed by atoms with Crippen LogP contribution in [0, 0.1) is 12.7 Å². The first-order valence-electron chi connectivity index (χ1n) is 6.99. The van der Waals surface area contributed by atoms with Crippen LogP contribution in [0.2, 0.25) is 0 Å². The SMILES string of the molecule is CCCNC(CC)c1nnc(-c2cccc(C)c2F)s1. The van der Waals surface area contributed by atoms with Crippen LogP contribution >= 0.6 is 11.3 Å². The van der Waals surface area contributed by atoms with Gasteiger partial charge in [-0.2, -0.15) is 0 Å². The van der Waals surface area contributed by atoms with Gasteiger partial charge in [0.1, 0.15) is 10.8 Å². The summed E-state index contributed by atoms with van der Waals surface area (Å²) in [4.78, 5) is 0. The molecule has 2 aromatic rings. The molecule has 2 rings (SSSR count). The summed E-state index contributed by atoms with van der Waals surface area (Å²) >= 11 is 1.47. The lowest BCUT2D eigenvalue weighted by atomic mass is 10.1. The maximum atomic E-state index is 14.1. The number of hydrogen-bond acceptors (Lipinski definition) is 4. The van der Waals surface area contributed by atoms with E-state index in [0.29, 0.717) is 16.1 Å². The summed E-state index contributed by atoms with van der Waals surface area (Å²) in [5.74, 6) is -0.204. The van der Waals surface area contributed by atoms with Gasteiger partial charge in [0, 0.05) is 5.56 Å². The van der Waals surface area contributed by atoms with Crippen molar-refractivity contribution in [2.45, 2.75) is 39.7 Å². The van der Waals surface area contributed by atoms with Crippen molar-refractivity contribution in [2.75, 3.05) is 6.54 Å². The van der Waals surface area contributed by atoms with Gasteiger partial charge in [-0.3, -0.25) is 0 Å². The molecular formula is C15H20FN3S. The Bertz CT molecular complexity index is 568. The highest BCUT2D eigenvalue weighted by Gasteiger charge is 2.17. The predicted octanol–water partition coefficient (Wildman–Crippen LogP) is 4.10. The van der Waals surface area contributed by atoms with E-state index in [0.717, 1.165) is 24.4 Å². The van der Waals surface area contributed by atoms with Crippen LogP contribution in [0.1, 0.15) is 43.3 Å². The van der Waals surface area contributed by atoms with E-state index in [1.54, 1.807) is 19.1 Å². The van der Waals surface area contributed by atoms with Crippen LogP contribution < -0.4 is 5.32 Å². The van der Waals surface area contributed by atoms with Crippen molar-refractivity contribution in [3.05, 3.63) is 34.6 Å². The molecule has 0 aliphatic carbocycles. The van der Waals surface area contributed by atoms with E-state index in [1.807, 2.05) is 6.07 Å². The van der Waals surface area contributed by atoms with Crippen LogP contribution in [-0.2, 0) is 0 Å². The molecule has 1 unspecified atom stereocenters. The molecule has 0 fully saturated rings. The Morgan fingerprint density at radius 3 is 2.80 bits per heavy atom. The smallest absolute Gasteiger partial charge is 0.150 e. The first kappa shape index (κ1) is 15.1. The minimum atomic E-state index is -0.204. The zero-order chi connectivity index (χ0) is 14.5. The third-order valence-electron chi connectivity index (χ3n) is 3.21. The van der Waals surface area contributed by atoms with Gasteiger partial charge in [0.2, 0.25) is 0 Å². The maximum absolute atomic E-state index is 14.1. The van der Waals surface area contributed by atoms with Crippen LogP contribution in [0.4, 0.5) is 4.39 Å². The topological polar surface area (TPSA) is 37.8 Å². The fraction of sp³-hybridized carbons (Fsp3) is 0.467. The zero-order valence-electron chi connectivity index (χ0n) is 12.1. The van der Waals surface area contributed by atoms with E-state index < -0.39 is 0 Å². The number of aromatic nitrogens is 2. The van der Waals surface area contributed by atoms with E-state index in [1.165, 1.54) is 11.3 Å². The number of halogens is 1. The van der Waals surface area contributed by atoms with Crippen molar-refractivity contribution in [2.24, 2.45) is 0 Å². The number of hydrogen-bond donors (Lipinski definition) is 1. The normalized spacial score (nSPS) is 12.6. The van der Waals surface area contributed by atoms with Gasteiger partial charge >= 0.3 is 0 Å². The zero-order valence-corrected chi connectivity index (χ0v) is 12.9. The van der Waals surface area contributed by atoms with E-state index >= 15 is 0 Å². The number of aryl methyl sites for hydroxylation is 1. The van der Waals surface area contributed by atoms with E-state index in [-0.39, 0.29) is 11.9 Å². The van der Waals surface area contributed by atoms with Crippen molar-refractivity contribution in [1.29, 1.82) is 0 Å². The Morgan fingerprint density at radius 1 is 1.30 bits per heavy atom. The average molecular weight is 293 g/mol. The summed E-state index contributed by atoms with van der Waals surface area (Å²) < 4.78 is 14.1. The third-order valence-corrected chi connectivity index (χ3v) is 4.28. The Balaban J connectivity index is 2.26. The number of nitrogens with one attached hydrogen (secondary N) is 1. The molecule has 0 aliphatic heterocycles. The predicted molar refractivity (Wildman–Crippen MR) is 81.4 cm³/mol. The van der Waals surface area contributed by atoms with Gasteiger partial charge in [-0.05, 0) is 37.9 Å². The molecule has 1 aromatic heterocycles. The molecule has 0 amide bonds. The Labute approximate surface area is 123 Å². The second-order valence-corrected chi connectivity index (χ2v) is 5.81. The van der Waals surface area contributed by atoms with Gasteiger partial charge in [-0.15, -0.1) is 10.2 Å². The minimum Gasteiger partial charge on any atom is -0.308 e. The van der Waals surface area contributed by atoms with Crippen molar-refractivity contribution in [3.63, 3.8) is 0 Å². The van der Waals surface area contributed by atoms with Crippen molar-refractivity contribution >= 4 is 11.3 Å². The molecule has 20 heavy (non-hydrogen) atoms. The van der Waals surface area contributed by atoms with Crippen molar-refractivity contribution < 1.29 is 4.39 Å². The van der Waals surface area contributed by atoms with Crippen LogP contribution in [0.5, 0.6) is 0 Å². The second-order valence-electron chi connectivity index (χ2n) is 4.80. The van der Waals surface area contributed by atoms with E-state index in [9.17, 15) is 4.39 Å². The fourth-order valence-corrected chi connectivity index (χ4v) is 3.04. The largest absolute Gasteiger partial charge is 0.308 e. The lowest BCUT2D eigenvalue weighted by Gasteiger charge is -2.12. The summed E-state index contributed by atoms with van der Waals surface area (Å²) in [5, 5.41) is 13.4. The van der Waals surface area contributed by atoms with Crippen LogP contribution in [0.15, 0.2) is 18.2 Å². The lowest BCUT2D eigenvalue weighted by molar-refractivity contribution is 0.513. The molecule has 0 spiro atoms.